The molecule has 0 aromatic carbocycles. The number of hydrogen-bond acceptors (Lipinski definition) is 4. The number of aliphatic hydroxyl groups is 1. The summed E-state index contributed by atoms with van der Waals surface area (Å²) >= 11 is 0. The van der Waals surface area contributed by atoms with Crippen LogP contribution in [0.3, 0.4) is 0 Å². The largest absolute Gasteiger partial charge is 0.386 e. The van der Waals surface area contributed by atoms with E-state index in [0.717, 1.165) is 19.3 Å². The Morgan fingerprint density at radius 2 is 2.18 bits per heavy atom. The number of rotatable bonds is 3. The van der Waals surface area contributed by atoms with E-state index in [1.807, 2.05) is 0 Å². The van der Waals surface area contributed by atoms with Gasteiger partial charge in [0, 0.05) is 25.6 Å². The highest BCUT2D eigenvalue weighted by molar-refractivity contribution is 4.95. The molecule has 1 saturated carbocycles. The molecule has 0 aromatic rings. The van der Waals surface area contributed by atoms with Crippen LogP contribution in [0, 0.1) is 17.2 Å². The fourth-order valence-electron chi connectivity index (χ4n) is 2.76. The van der Waals surface area contributed by atoms with Crippen LogP contribution in [0.2, 0.25) is 0 Å². The van der Waals surface area contributed by atoms with Crippen molar-refractivity contribution in [2.24, 2.45) is 5.92 Å². The molecular weight excluding hydrogens is 216 g/mol. The van der Waals surface area contributed by atoms with E-state index in [4.69, 9.17) is 10.00 Å². The van der Waals surface area contributed by atoms with E-state index in [9.17, 15) is 5.11 Å². The smallest absolute Gasteiger partial charge is 0.102 e. The summed E-state index contributed by atoms with van der Waals surface area (Å²) < 4.78 is 5.22. The number of nitrogens with one attached hydrogen (secondary N) is 1. The van der Waals surface area contributed by atoms with Gasteiger partial charge >= 0.3 is 0 Å². The van der Waals surface area contributed by atoms with Gasteiger partial charge in [0.05, 0.1) is 18.6 Å². The molecule has 0 amide bonds. The minimum absolute atomic E-state index is 0.100. The van der Waals surface area contributed by atoms with Crippen molar-refractivity contribution in [2.75, 3.05) is 19.8 Å². The van der Waals surface area contributed by atoms with E-state index >= 15 is 0 Å². The molecule has 0 bridgehead atoms. The van der Waals surface area contributed by atoms with Gasteiger partial charge < -0.3 is 15.2 Å². The highest BCUT2D eigenvalue weighted by Crippen LogP contribution is 2.24. The first kappa shape index (κ1) is 12.8. The number of nitrogens with zero attached hydrogens (tertiary/aromatic N) is 1. The monoisotopic (exact) mass is 238 g/mol. The molecular formula is C13H22N2O2. The predicted molar refractivity (Wildman–Crippen MR) is 64.4 cm³/mol. The third-order valence-corrected chi connectivity index (χ3v) is 3.96. The van der Waals surface area contributed by atoms with Gasteiger partial charge in [-0.05, 0) is 12.8 Å². The number of hydrogen-bond donors (Lipinski definition) is 2. The fourth-order valence-corrected chi connectivity index (χ4v) is 2.76. The standard InChI is InChI=1S/C13H22N2O2/c14-8-11-4-2-1-3-5-12(11)15-9-13(16)6-7-17-10-13/h11-12,15-16H,1-7,9-10H2. The first-order valence-corrected chi connectivity index (χ1v) is 6.67. The van der Waals surface area contributed by atoms with Crippen LogP contribution < -0.4 is 5.32 Å². The summed E-state index contributed by atoms with van der Waals surface area (Å²) in [5.74, 6) is 0.100. The van der Waals surface area contributed by atoms with Gasteiger partial charge in [0.25, 0.3) is 0 Å². The second kappa shape index (κ2) is 5.81. The van der Waals surface area contributed by atoms with Gasteiger partial charge in [0.2, 0.25) is 0 Å². The molecule has 1 saturated heterocycles. The molecule has 3 atom stereocenters. The van der Waals surface area contributed by atoms with E-state index < -0.39 is 5.60 Å². The average Bonchev–Trinajstić information content (AvgIpc) is 2.64. The van der Waals surface area contributed by atoms with Crippen molar-refractivity contribution in [3.05, 3.63) is 0 Å². The summed E-state index contributed by atoms with van der Waals surface area (Å²) in [6.45, 7) is 1.62. The lowest BCUT2D eigenvalue weighted by molar-refractivity contribution is 0.0235. The Morgan fingerprint density at radius 3 is 2.88 bits per heavy atom. The number of ether oxygens (including phenoxy) is 1. The van der Waals surface area contributed by atoms with Crippen LogP contribution in [0.5, 0.6) is 0 Å². The summed E-state index contributed by atoms with van der Waals surface area (Å²) in [5.41, 5.74) is -0.716. The third-order valence-electron chi connectivity index (χ3n) is 3.96. The van der Waals surface area contributed by atoms with Gasteiger partial charge in [-0.2, -0.15) is 5.26 Å². The van der Waals surface area contributed by atoms with Crippen LogP contribution in [0.4, 0.5) is 0 Å². The average molecular weight is 238 g/mol. The Bertz CT molecular complexity index is 282. The summed E-state index contributed by atoms with van der Waals surface area (Å²) in [6, 6.07) is 2.65. The molecule has 0 radical (unpaired) electrons. The Morgan fingerprint density at radius 1 is 1.35 bits per heavy atom. The molecule has 0 spiro atoms. The summed E-state index contributed by atoms with van der Waals surface area (Å²) in [6.07, 6.45) is 6.31. The van der Waals surface area contributed by atoms with Crippen LogP contribution in [0.25, 0.3) is 0 Å². The molecule has 2 rings (SSSR count). The van der Waals surface area contributed by atoms with Crippen LogP contribution in [-0.2, 0) is 4.74 Å². The highest BCUT2D eigenvalue weighted by Gasteiger charge is 2.33. The lowest BCUT2D eigenvalue weighted by Crippen LogP contribution is -2.47. The summed E-state index contributed by atoms with van der Waals surface area (Å²) in [7, 11) is 0. The molecule has 2 aliphatic rings. The van der Waals surface area contributed by atoms with Crippen LogP contribution in [0.1, 0.15) is 38.5 Å². The SMILES string of the molecule is N#CC1CCCCCC1NCC1(O)CCOC1. The minimum Gasteiger partial charge on any atom is -0.386 e. The van der Waals surface area contributed by atoms with Gasteiger partial charge in [0.15, 0.2) is 0 Å². The van der Waals surface area contributed by atoms with Crippen molar-refractivity contribution in [3.8, 4) is 6.07 Å². The van der Waals surface area contributed by atoms with E-state index in [2.05, 4.69) is 11.4 Å². The van der Waals surface area contributed by atoms with Crippen LogP contribution in [-0.4, -0.2) is 36.5 Å². The molecule has 3 unspecified atom stereocenters. The minimum atomic E-state index is -0.716. The first-order chi connectivity index (χ1) is 8.23. The van der Waals surface area contributed by atoms with Crippen molar-refractivity contribution < 1.29 is 9.84 Å². The normalized spacial score (nSPS) is 38.6. The lowest BCUT2D eigenvalue weighted by atomic mass is 9.95. The van der Waals surface area contributed by atoms with E-state index in [0.29, 0.717) is 26.2 Å². The van der Waals surface area contributed by atoms with Gasteiger partial charge in [-0.1, -0.05) is 19.3 Å². The number of nitriles is 1. The summed E-state index contributed by atoms with van der Waals surface area (Å²) in [4.78, 5) is 0. The zero-order valence-electron chi connectivity index (χ0n) is 10.3. The topological polar surface area (TPSA) is 65.3 Å². The highest BCUT2D eigenvalue weighted by atomic mass is 16.5. The lowest BCUT2D eigenvalue weighted by Gasteiger charge is -2.27. The molecule has 96 valence electrons. The first-order valence-electron chi connectivity index (χ1n) is 6.67. The maximum absolute atomic E-state index is 10.2. The Hall–Kier alpha value is -0.630. The molecule has 0 aromatic heterocycles. The third kappa shape index (κ3) is 3.41. The van der Waals surface area contributed by atoms with Crippen molar-refractivity contribution in [3.63, 3.8) is 0 Å². The quantitative estimate of drug-likeness (QED) is 0.725. The molecule has 4 nitrogen and oxygen atoms in total. The Balaban J connectivity index is 1.85. The molecule has 4 heteroatoms. The second-order valence-corrected chi connectivity index (χ2v) is 5.39. The van der Waals surface area contributed by atoms with Crippen molar-refractivity contribution in [1.29, 1.82) is 5.26 Å². The maximum atomic E-state index is 10.2. The van der Waals surface area contributed by atoms with E-state index in [1.165, 1.54) is 12.8 Å². The molecule has 17 heavy (non-hydrogen) atoms. The van der Waals surface area contributed by atoms with Gasteiger partial charge in [-0.3, -0.25) is 0 Å². The van der Waals surface area contributed by atoms with E-state index in [-0.39, 0.29) is 12.0 Å². The van der Waals surface area contributed by atoms with Gasteiger partial charge in [0.1, 0.15) is 5.60 Å². The molecule has 1 aliphatic carbocycles. The zero-order chi connectivity index (χ0) is 12.1. The summed E-state index contributed by atoms with van der Waals surface area (Å²) in [5, 5.41) is 22.7. The zero-order valence-corrected chi connectivity index (χ0v) is 10.3. The van der Waals surface area contributed by atoms with Crippen molar-refractivity contribution in [1.82, 2.24) is 5.32 Å². The molecule has 2 fully saturated rings. The van der Waals surface area contributed by atoms with Gasteiger partial charge in [-0.25, -0.2) is 0 Å². The molecule has 2 N–H and O–H groups in total. The molecule has 1 aliphatic heterocycles. The molecule has 1 heterocycles. The second-order valence-electron chi connectivity index (χ2n) is 5.39. The van der Waals surface area contributed by atoms with Crippen molar-refractivity contribution >= 4 is 0 Å². The van der Waals surface area contributed by atoms with Crippen molar-refractivity contribution in [2.45, 2.75) is 50.2 Å². The Kier molecular flexibility index (Phi) is 4.38. The fraction of sp³-hybridized carbons (Fsp3) is 0.923. The predicted octanol–water partition coefficient (Wildman–Crippen LogP) is 1.20. The van der Waals surface area contributed by atoms with Gasteiger partial charge in [-0.15, -0.1) is 0 Å². The van der Waals surface area contributed by atoms with Crippen LogP contribution >= 0.6 is 0 Å². The maximum Gasteiger partial charge on any atom is 0.102 e. The van der Waals surface area contributed by atoms with E-state index in [1.54, 1.807) is 0 Å². The van der Waals surface area contributed by atoms with Crippen LogP contribution in [0.15, 0.2) is 0 Å². The Labute approximate surface area is 103 Å².